The topological polar surface area (TPSA) is 61.5 Å². The average molecular weight is 135 g/mol. The van der Waals surface area contributed by atoms with E-state index in [0.717, 1.165) is 0 Å². The smallest absolute Gasteiger partial charge is 1.00 e. The SMILES string of the molecule is O.[Ca+2].[Cl-].[Mg+2].[OH-]. The van der Waals surface area contributed by atoms with E-state index in [1.807, 2.05) is 0 Å². The fourth-order valence-electron chi connectivity index (χ4n) is 0. The number of hydrogen-bond donors (Lipinski definition) is 0. The second-order valence-electron chi connectivity index (χ2n) is 0. The van der Waals surface area contributed by atoms with Gasteiger partial charge in [-0.25, -0.2) is 0 Å². The van der Waals surface area contributed by atoms with Crippen molar-refractivity contribution in [2.75, 3.05) is 0 Å². The van der Waals surface area contributed by atoms with Crippen molar-refractivity contribution in [3.8, 4) is 0 Å². The summed E-state index contributed by atoms with van der Waals surface area (Å²) < 4.78 is 0. The summed E-state index contributed by atoms with van der Waals surface area (Å²) in [5, 5.41) is 0. The first-order valence-electron chi connectivity index (χ1n) is 0. The van der Waals surface area contributed by atoms with Crippen molar-refractivity contribution >= 4 is 60.8 Å². The van der Waals surface area contributed by atoms with Gasteiger partial charge in [0.15, 0.2) is 0 Å². The molecular weight excluding hydrogens is 132 g/mol. The average Bonchev–Trinajstić information content (AvgIpc) is 0. The molecule has 0 radical (unpaired) electrons. The molecule has 0 aromatic rings. The minimum Gasteiger partial charge on any atom is -1.00 e. The molecule has 5 heavy (non-hydrogen) atoms. The van der Waals surface area contributed by atoms with Crippen molar-refractivity contribution in [3.05, 3.63) is 0 Å². The standard InChI is InChI=1S/Ca.ClH.Mg.2H2O/h;1H;;2*1H2/q+2;;+2;;/p-2. The van der Waals surface area contributed by atoms with E-state index in [4.69, 9.17) is 0 Å². The van der Waals surface area contributed by atoms with Crippen LogP contribution >= 0.6 is 0 Å². The number of hydrogen-bond acceptors (Lipinski definition) is 1. The van der Waals surface area contributed by atoms with Crippen LogP contribution in [0.15, 0.2) is 0 Å². The molecule has 0 aromatic carbocycles. The summed E-state index contributed by atoms with van der Waals surface area (Å²) in [5.74, 6) is 0. The summed E-state index contributed by atoms with van der Waals surface area (Å²) in [4.78, 5) is 0. The first kappa shape index (κ1) is 56.3. The van der Waals surface area contributed by atoms with Crippen molar-refractivity contribution < 1.29 is 23.4 Å². The second-order valence-corrected chi connectivity index (χ2v) is 0. The molecular formula is H3CaClMgO2+2. The molecule has 0 atom stereocenters. The maximum Gasteiger partial charge on any atom is 2.00 e. The molecule has 0 amide bonds. The van der Waals surface area contributed by atoms with Crippen LogP contribution < -0.4 is 12.4 Å². The van der Waals surface area contributed by atoms with Gasteiger partial charge in [0.25, 0.3) is 0 Å². The fourth-order valence-corrected chi connectivity index (χ4v) is 0. The van der Waals surface area contributed by atoms with Gasteiger partial charge in [-0.05, 0) is 0 Å². The summed E-state index contributed by atoms with van der Waals surface area (Å²) >= 11 is 0. The van der Waals surface area contributed by atoms with Gasteiger partial charge in [0.2, 0.25) is 0 Å². The molecule has 0 unspecified atom stereocenters. The molecule has 0 saturated heterocycles. The van der Waals surface area contributed by atoms with E-state index in [1.54, 1.807) is 0 Å². The van der Waals surface area contributed by atoms with Crippen LogP contribution in [0.3, 0.4) is 0 Å². The largest absolute Gasteiger partial charge is 2.00 e. The Kier molecular flexibility index (Phi) is 385. The predicted octanol–water partition coefficient (Wildman–Crippen LogP) is -4.76. The van der Waals surface area contributed by atoms with Crippen LogP contribution in [0, 0.1) is 0 Å². The van der Waals surface area contributed by atoms with Crippen molar-refractivity contribution in [3.63, 3.8) is 0 Å². The quantitative estimate of drug-likeness (QED) is 0.307. The zero-order chi connectivity index (χ0) is 0. The van der Waals surface area contributed by atoms with Crippen molar-refractivity contribution in [2.24, 2.45) is 0 Å². The van der Waals surface area contributed by atoms with E-state index in [2.05, 4.69) is 0 Å². The molecule has 0 spiro atoms. The zero-order valence-corrected chi connectivity index (χ0v) is 7.12. The molecule has 0 aliphatic rings. The summed E-state index contributed by atoms with van der Waals surface area (Å²) in [6.45, 7) is 0. The minimum atomic E-state index is 0. The Bertz CT molecular complexity index is 9.61. The molecule has 5 heteroatoms. The van der Waals surface area contributed by atoms with Gasteiger partial charge in [-0.1, -0.05) is 0 Å². The zero-order valence-electron chi connectivity index (χ0n) is 2.74. The van der Waals surface area contributed by atoms with Gasteiger partial charge >= 0.3 is 60.8 Å². The molecule has 0 fully saturated rings. The Morgan fingerprint density at radius 1 is 1.00 bits per heavy atom. The molecule has 0 saturated carbocycles. The van der Waals surface area contributed by atoms with Gasteiger partial charge in [-0.15, -0.1) is 0 Å². The maximum atomic E-state index is 0. The van der Waals surface area contributed by atoms with E-state index < -0.39 is 0 Å². The maximum absolute atomic E-state index is 0. The van der Waals surface area contributed by atoms with Gasteiger partial charge in [-0.2, -0.15) is 0 Å². The van der Waals surface area contributed by atoms with E-state index in [1.165, 1.54) is 0 Å². The van der Waals surface area contributed by atoms with Crippen LogP contribution in [0.25, 0.3) is 0 Å². The molecule has 0 aromatic heterocycles. The van der Waals surface area contributed by atoms with Gasteiger partial charge in [0, 0.05) is 0 Å². The van der Waals surface area contributed by atoms with E-state index >= 15 is 0 Å². The first-order valence-corrected chi connectivity index (χ1v) is 0. The number of rotatable bonds is 0. The molecule has 0 heterocycles. The molecule has 24 valence electrons. The normalized spacial score (nSPS) is 0. The summed E-state index contributed by atoms with van der Waals surface area (Å²) in [7, 11) is 0. The van der Waals surface area contributed by atoms with Crippen LogP contribution in [0.2, 0.25) is 0 Å². The van der Waals surface area contributed by atoms with Gasteiger partial charge in [0.1, 0.15) is 0 Å². The minimum absolute atomic E-state index is 0. The molecule has 0 aliphatic carbocycles. The van der Waals surface area contributed by atoms with Crippen molar-refractivity contribution in [1.82, 2.24) is 0 Å². The van der Waals surface area contributed by atoms with E-state index in [9.17, 15) is 0 Å². The van der Waals surface area contributed by atoms with E-state index in [0.29, 0.717) is 0 Å². The Morgan fingerprint density at radius 2 is 1.00 bits per heavy atom. The first-order chi connectivity index (χ1) is 0. The molecule has 3 N–H and O–H groups in total. The summed E-state index contributed by atoms with van der Waals surface area (Å²) in [6, 6.07) is 0. The van der Waals surface area contributed by atoms with Gasteiger partial charge < -0.3 is 23.4 Å². The Morgan fingerprint density at radius 3 is 1.00 bits per heavy atom. The van der Waals surface area contributed by atoms with Crippen LogP contribution in [0.4, 0.5) is 0 Å². The molecule has 0 aliphatic heterocycles. The second kappa shape index (κ2) is 34.2. The van der Waals surface area contributed by atoms with Crippen molar-refractivity contribution in [2.45, 2.75) is 0 Å². The fraction of sp³-hybridized carbons (Fsp3) is 0. The van der Waals surface area contributed by atoms with Gasteiger partial charge in [-0.3, -0.25) is 0 Å². The molecule has 0 bridgehead atoms. The predicted molar refractivity (Wildman–Crippen MR) is 17.1 cm³/mol. The summed E-state index contributed by atoms with van der Waals surface area (Å²) in [5.41, 5.74) is 0. The Hall–Kier alpha value is 2.24. The number of halogens is 1. The third kappa shape index (κ3) is 22.4. The third-order valence-electron chi connectivity index (χ3n) is 0. The van der Waals surface area contributed by atoms with Crippen LogP contribution in [-0.2, 0) is 0 Å². The van der Waals surface area contributed by atoms with Crippen LogP contribution in [0.5, 0.6) is 0 Å². The third-order valence-corrected chi connectivity index (χ3v) is 0. The molecule has 0 rings (SSSR count). The Balaban J connectivity index is 0. The van der Waals surface area contributed by atoms with Crippen LogP contribution in [0.1, 0.15) is 0 Å². The Labute approximate surface area is 82.9 Å². The molecule has 2 nitrogen and oxygen atoms in total. The van der Waals surface area contributed by atoms with Crippen molar-refractivity contribution in [1.29, 1.82) is 0 Å². The van der Waals surface area contributed by atoms with Gasteiger partial charge in [0.05, 0.1) is 0 Å². The monoisotopic (exact) mass is 134 g/mol. The summed E-state index contributed by atoms with van der Waals surface area (Å²) in [6.07, 6.45) is 0. The van der Waals surface area contributed by atoms with Crippen LogP contribution in [-0.4, -0.2) is 71.7 Å². The van der Waals surface area contributed by atoms with E-state index in [-0.39, 0.29) is 84.2 Å².